The van der Waals surface area contributed by atoms with Gasteiger partial charge in [0.25, 0.3) is 0 Å². The maximum Gasteiger partial charge on any atom is 0.126 e. The molecule has 0 spiro atoms. The van der Waals surface area contributed by atoms with Crippen LogP contribution in [0.25, 0.3) is 0 Å². The molecule has 0 saturated carbocycles. The molecule has 0 fully saturated rings. The third-order valence-electron chi connectivity index (χ3n) is 2.95. The van der Waals surface area contributed by atoms with Crippen LogP contribution in [-0.4, -0.2) is 22.7 Å². The van der Waals surface area contributed by atoms with Gasteiger partial charge in [0.1, 0.15) is 5.82 Å². The molecule has 0 aliphatic heterocycles. The van der Waals surface area contributed by atoms with Gasteiger partial charge in [-0.25, -0.2) is 4.98 Å². The molecule has 1 heterocycles. The lowest BCUT2D eigenvalue weighted by Crippen LogP contribution is -2.20. The number of hydrogen-bond acceptors (Lipinski definition) is 3. The molecule has 0 radical (unpaired) electrons. The zero-order valence-electron chi connectivity index (χ0n) is 11.3. The second-order valence-electron chi connectivity index (χ2n) is 5.44. The zero-order chi connectivity index (χ0) is 12.9. The molecule has 96 valence electrons. The van der Waals surface area contributed by atoms with Crippen LogP contribution in [-0.2, 0) is 5.41 Å². The van der Waals surface area contributed by atoms with Gasteiger partial charge in [0.05, 0.1) is 0 Å². The Balaban J connectivity index is 2.68. The maximum absolute atomic E-state index is 8.94. The fraction of sp³-hybridized carbons (Fsp3) is 0.643. The minimum Gasteiger partial charge on any atom is -0.396 e. The number of hydrogen-bond donors (Lipinski definition) is 2. The van der Waals surface area contributed by atoms with Gasteiger partial charge >= 0.3 is 0 Å². The highest BCUT2D eigenvalue weighted by Gasteiger charge is 2.14. The molecule has 0 aromatic carbocycles. The van der Waals surface area contributed by atoms with Crippen molar-refractivity contribution in [3.05, 3.63) is 23.9 Å². The lowest BCUT2D eigenvalue weighted by atomic mass is 9.88. The molecule has 1 aromatic rings. The van der Waals surface area contributed by atoms with Crippen LogP contribution < -0.4 is 5.32 Å². The predicted molar refractivity (Wildman–Crippen MR) is 72.3 cm³/mol. The molecule has 1 unspecified atom stereocenters. The van der Waals surface area contributed by atoms with Crippen LogP contribution in [0, 0.1) is 0 Å². The molecule has 2 N–H and O–H groups in total. The lowest BCUT2D eigenvalue weighted by molar-refractivity contribution is 0.278. The number of aliphatic hydroxyl groups excluding tert-OH is 1. The van der Waals surface area contributed by atoms with E-state index in [1.54, 1.807) is 0 Å². The highest BCUT2D eigenvalue weighted by atomic mass is 16.3. The third-order valence-corrected chi connectivity index (χ3v) is 2.95. The summed E-state index contributed by atoms with van der Waals surface area (Å²) in [4.78, 5) is 4.42. The average Bonchev–Trinajstić information content (AvgIpc) is 2.28. The first-order chi connectivity index (χ1) is 7.97. The Kier molecular flexibility index (Phi) is 4.94. The van der Waals surface area contributed by atoms with Crippen LogP contribution in [0.3, 0.4) is 0 Å². The van der Waals surface area contributed by atoms with E-state index < -0.39 is 0 Å². The van der Waals surface area contributed by atoms with Crippen molar-refractivity contribution in [1.29, 1.82) is 0 Å². The minimum atomic E-state index is 0.140. The Hall–Kier alpha value is -1.09. The van der Waals surface area contributed by atoms with Gasteiger partial charge in [0.15, 0.2) is 0 Å². The van der Waals surface area contributed by atoms with Crippen LogP contribution in [0.2, 0.25) is 0 Å². The van der Waals surface area contributed by atoms with E-state index in [0.717, 1.165) is 18.7 Å². The molecule has 1 aromatic heterocycles. The number of pyridine rings is 1. The minimum absolute atomic E-state index is 0.140. The Labute approximate surface area is 104 Å². The van der Waals surface area contributed by atoms with Crippen molar-refractivity contribution >= 4 is 5.82 Å². The molecule has 0 aliphatic carbocycles. The predicted octanol–water partition coefficient (Wildman–Crippen LogP) is 2.95. The van der Waals surface area contributed by atoms with Crippen molar-refractivity contribution in [2.45, 2.75) is 52.0 Å². The Bertz CT molecular complexity index is 327. The molecule has 17 heavy (non-hydrogen) atoms. The van der Waals surface area contributed by atoms with E-state index in [-0.39, 0.29) is 12.0 Å². The fourth-order valence-electron chi connectivity index (χ4n) is 1.67. The lowest BCUT2D eigenvalue weighted by Gasteiger charge is -2.20. The summed E-state index contributed by atoms with van der Waals surface area (Å²) in [6.45, 7) is 8.86. The van der Waals surface area contributed by atoms with E-state index in [2.05, 4.69) is 44.1 Å². The van der Waals surface area contributed by atoms with Crippen LogP contribution in [0.15, 0.2) is 18.3 Å². The fourth-order valence-corrected chi connectivity index (χ4v) is 1.67. The smallest absolute Gasteiger partial charge is 0.126 e. The van der Waals surface area contributed by atoms with E-state index >= 15 is 0 Å². The number of nitrogens with one attached hydrogen (secondary N) is 1. The monoisotopic (exact) mass is 236 g/mol. The normalized spacial score (nSPS) is 13.5. The molecule has 3 heteroatoms. The summed E-state index contributed by atoms with van der Waals surface area (Å²) in [7, 11) is 0. The summed E-state index contributed by atoms with van der Waals surface area (Å²) in [5.41, 5.74) is 1.37. The largest absolute Gasteiger partial charge is 0.396 e. The van der Waals surface area contributed by atoms with Crippen molar-refractivity contribution < 1.29 is 5.11 Å². The van der Waals surface area contributed by atoms with Crippen LogP contribution in [0.4, 0.5) is 5.82 Å². The number of aromatic nitrogens is 1. The SMILES string of the molecule is CCC(CCO)Nc1ccc(C(C)(C)C)cn1. The van der Waals surface area contributed by atoms with Crippen molar-refractivity contribution in [3.63, 3.8) is 0 Å². The van der Waals surface area contributed by atoms with Gasteiger partial charge in [-0.2, -0.15) is 0 Å². The highest BCUT2D eigenvalue weighted by molar-refractivity contribution is 5.38. The van der Waals surface area contributed by atoms with Gasteiger partial charge in [-0.3, -0.25) is 0 Å². The summed E-state index contributed by atoms with van der Waals surface area (Å²) in [5, 5.41) is 12.3. The van der Waals surface area contributed by atoms with E-state index in [1.165, 1.54) is 5.56 Å². The Morgan fingerprint density at radius 1 is 1.35 bits per heavy atom. The number of nitrogens with zero attached hydrogens (tertiary/aromatic N) is 1. The van der Waals surface area contributed by atoms with Crippen LogP contribution >= 0.6 is 0 Å². The molecule has 1 atom stereocenters. The standard InChI is InChI=1S/C14H24N2O/c1-5-12(8-9-17)16-13-7-6-11(10-15-13)14(2,3)4/h6-7,10,12,17H,5,8-9H2,1-4H3,(H,15,16). The first kappa shape index (κ1) is 14.0. The van der Waals surface area contributed by atoms with Crippen LogP contribution in [0.5, 0.6) is 0 Å². The van der Waals surface area contributed by atoms with Gasteiger partial charge in [-0.05, 0) is 29.9 Å². The second-order valence-corrected chi connectivity index (χ2v) is 5.44. The Morgan fingerprint density at radius 2 is 2.06 bits per heavy atom. The first-order valence-electron chi connectivity index (χ1n) is 6.31. The molecular weight excluding hydrogens is 212 g/mol. The van der Waals surface area contributed by atoms with Crippen molar-refractivity contribution in [1.82, 2.24) is 4.98 Å². The van der Waals surface area contributed by atoms with Gasteiger partial charge in [0, 0.05) is 18.8 Å². The summed E-state index contributed by atoms with van der Waals surface area (Å²) < 4.78 is 0. The second kappa shape index (κ2) is 6.01. The number of aliphatic hydroxyl groups is 1. The molecule has 0 bridgehead atoms. The maximum atomic E-state index is 8.94. The first-order valence-corrected chi connectivity index (χ1v) is 6.31. The third kappa shape index (κ3) is 4.35. The van der Waals surface area contributed by atoms with E-state index in [1.807, 2.05) is 12.3 Å². The summed E-state index contributed by atoms with van der Waals surface area (Å²) in [6.07, 6.45) is 3.68. The molecule has 3 nitrogen and oxygen atoms in total. The average molecular weight is 236 g/mol. The topological polar surface area (TPSA) is 45.1 Å². The van der Waals surface area contributed by atoms with E-state index in [4.69, 9.17) is 5.11 Å². The number of anilines is 1. The van der Waals surface area contributed by atoms with Gasteiger partial charge in [-0.15, -0.1) is 0 Å². The van der Waals surface area contributed by atoms with Gasteiger partial charge < -0.3 is 10.4 Å². The summed E-state index contributed by atoms with van der Waals surface area (Å²) >= 11 is 0. The summed E-state index contributed by atoms with van der Waals surface area (Å²) in [5.74, 6) is 0.887. The molecule has 0 saturated heterocycles. The quantitative estimate of drug-likeness (QED) is 0.826. The highest BCUT2D eigenvalue weighted by Crippen LogP contribution is 2.22. The van der Waals surface area contributed by atoms with Crippen molar-refractivity contribution in [2.75, 3.05) is 11.9 Å². The molecule has 1 rings (SSSR count). The molecule has 0 amide bonds. The molecule has 0 aliphatic rings. The zero-order valence-corrected chi connectivity index (χ0v) is 11.3. The van der Waals surface area contributed by atoms with E-state index in [0.29, 0.717) is 6.04 Å². The van der Waals surface area contributed by atoms with Crippen LogP contribution in [0.1, 0.15) is 46.1 Å². The number of rotatable bonds is 5. The summed E-state index contributed by atoms with van der Waals surface area (Å²) in [6, 6.07) is 4.43. The van der Waals surface area contributed by atoms with E-state index in [9.17, 15) is 0 Å². The van der Waals surface area contributed by atoms with Crippen molar-refractivity contribution in [2.24, 2.45) is 0 Å². The molecular formula is C14H24N2O. The van der Waals surface area contributed by atoms with Gasteiger partial charge in [0.2, 0.25) is 0 Å². The van der Waals surface area contributed by atoms with Gasteiger partial charge in [-0.1, -0.05) is 33.8 Å². The van der Waals surface area contributed by atoms with Crippen molar-refractivity contribution in [3.8, 4) is 0 Å². The Morgan fingerprint density at radius 3 is 2.47 bits per heavy atom.